The van der Waals surface area contributed by atoms with Gasteiger partial charge in [-0.15, -0.1) is 0 Å². The number of methoxy groups -OCH3 is 1. The largest absolute Gasteiger partial charge is 0.377 e. The minimum absolute atomic E-state index is 0.173. The predicted octanol–water partition coefficient (Wildman–Crippen LogP) is 1.90. The molecule has 0 aliphatic rings. The molecule has 2 heteroatoms. The van der Waals surface area contributed by atoms with E-state index in [9.17, 15) is 0 Å². The first-order valence-electron chi connectivity index (χ1n) is 4.59. The molecule has 1 atom stereocenters. The Morgan fingerprint density at radius 3 is 2.38 bits per heavy atom. The predicted molar refractivity (Wildman–Crippen MR) is 54.6 cm³/mol. The summed E-state index contributed by atoms with van der Waals surface area (Å²) in [5.74, 6) is 0. The van der Waals surface area contributed by atoms with Gasteiger partial charge in [-0.25, -0.2) is 0 Å². The molecule has 0 spiro atoms. The Labute approximate surface area is 79.7 Å². The van der Waals surface area contributed by atoms with Crippen LogP contribution in [0.3, 0.4) is 0 Å². The minimum atomic E-state index is 0.173. The molecule has 0 saturated carbocycles. The van der Waals surface area contributed by atoms with E-state index in [4.69, 9.17) is 10.5 Å². The van der Waals surface area contributed by atoms with E-state index >= 15 is 0 Å². The lowest BCUT2D eigenvalue weighted by Crippen LogP contribution is -2.03. The summed E-state index contributed by atoms with van der Waals surface area (Å²) in [5.41, 5.74) is 7.96. The SMILES string of the molecule is COC(C)c1ccc(CCN)cc1. The van der Waals surface area contributed by atoms with Gasteiger partial charge < -0.3 is 10.5 Å². The molecule has 0 radical (unpaired) electrons. The summed E-state index contributed by atoms with van der Waals surface area (Å²) in [6.07, 6.45) is 1.12. The molecule has 1 rings (SSSR count). The van der Waals surface area contributed by atoms with Crippen LogP contribution in [-0.2, 0) is 11.2 Å². The summed E-state index contributed by atoms with van der Waals surface area (Å²) in [6, 6.07) is 8.41. The molecule has 0 saturated heterocycles. The quantitative estimate of drug-likeness (QED) is 0.766. The van der Waals surface area contributed by atoms with Crippen LogP contribution in [0.5, 0.6) is 0 Å². The zero-order valence-corrected chi connectivity index (χ0v) is 8.29. The van der Waals surface area contributed by atoms with Crippen molar-refractivity contribution < 1.29 is 4.74 Å². The number of hydrogen-bond acceptors (Lipinski definition) is 2. The van der Waals surface area contributed by atoms with Gasteiger partial charge in [0.2, 0.25) is 0 Å². The summed E-state index contributed by atoms with van der Waals surface area (Å²) in [6.45, 7) is 2.75. The van der Waals surface area contributed by atoms with Crippen LogP contribution < -0.4 is 5.73 Å². The molecule has 1 unspecified atom stereocenters. The molecule has 72 valence electrons. The Balaban J connectivity index is 2.69. The molecule has 2 nitrogen and oxygen atoms in total. The van der Waals surface area contributed by atoms with Gasteiger partial charge in [0.25, 0.3) is 0 Å². The standard InChI is InChI=1S/C11H17NO/c1-9(13-2)11-5-3-10(4-6-11)7-8-12/h3-6,9H,7-8,12H2,1-2H3. The number of benzene rings is 1. The molecule has 2 N–H and O–H groups in total. The lowest BCUT2D eigenvalue weighted by atomic mass is 10.1. The Kier molecular flexibility index (Phi) is 3.93. The highest BCUT2D eigenvalue weighted by molar-refractivity contribution is 5.24. The van der Waals surface area contributed by atoms with Gasteiger partial charge in [-0.3, -0.25) is 0 Å². The zero-order chi connectivity index (χ0) is 9.68. The summed E-state index contributed by atoms with van der Waals surface area (Å²) in [4.78, 5) is 0. The molecule has 1 aromatic rings. The molecule has 0 amide bonds. The second kappa shape index (κ2) is 5.00. The minimum Gasteiger partial charge on any atom is -0.377 e. The first kappa shape index (κ1) is 10.2. The lowest BCUT2D eigenvalue weighted by Gasteiger charge is -2.09. The normalized spacial score (nSPS) is 12.8. The summed E-state index contributed by atoms with van der Waals surface area (Å²) >= 11 is 0. The van der Waals surface area contributed by atoms with E-state index in [2.05, 4.69) is 24.3 Å². The van der Waals surface area contributed by atoms with Crippen molar-refractivity contribution in [2.24, 2.45) is 5.73 Å². The molecule has 0 aromatic heterocycles. The van der Waals surface area contributed by atoms with Crippen LogP contribution in [-0.4, -0.2) is 13.7 Å². The van der Waals surface area contributed by atoms with Crippen LogP contribution in [0.25, 0.3) is 0 Å². The van der Waals surface area contributed by atoms with Gasteiger partial charge in [-0.2, -0.15) is 0 Å². The van der Waals surface area contributed by atoms with Crippen molar-refractivity contribution in [3.8, 4) is 0 Å². The fourth-order valence-corrected chi connectivity index (χ4v) is 1.26. The van der Waals surface area contributed by atoms with Gasteiger partial charge in [0.1, 0.15) is 0 Å². The average molecular weight is 179 g/mol. The maximum Gasteiger partial charge on any atom is 0.0793 e. The van der Waals surface area contributed by atoms with E-state index in [1.165, 1.54) is 11.1 Å². The van der Waals surface area contributed by atoms with Gasteiger partial charge in [0.15, 0.2) is 0 Å². The number of ether oxygens (including phenoxy) is 1. The van der Waals surface area contributed by atoms with Crippen LogP contribution in [0.4, 0.5) is 0 Å². The third kappa shape index (κ3) is 2.83. The highest BCUT2D eigenvalue weighted by Crippen LogP contribution is 2.15. The van der Waals surface area contributed by atoms with Gasteiger partial charge >= 0.3 is 0 Å². The van der Waals surface area contributed by atoms with Gasteiger partial charge in [-0.05, 0) is 31.0 Å². The molecular formula is C11H17NO. The summed E-state index contributed by atoms with van der Waals surface area (Å²) < 4.78 is 5.21. The summed E-state index contributed by atoms with van der Waals surface area (Å²) in [5, 5.41) is 0. The zero-order valence-electron chi connectivity index (χ0n) is 8.29. The molecule has 13 heavy (non-hydrogen) atoms. The number of hydrogen-bond donors (Lipinski definition) is 1. The Morgan fingerprint density at radius 2 is 1.92 bits per heavy atom. The fraction of sp³-hybridized carbons (Fsp3) is 0.455. The van der Waals surface area contributed by atoms with Gasteiger partial charge in [0, 0.05) is 7.11 Å². The van der Waals surface area contributed by atoms with Crippen LogP contribution in [0.1, 0.15) is 24.2 Å². The second-order valence-corrected chi connectivity index (χ2v) is 3.16. The van der Waals surface area contributed by atoms with E-state index in [1.807, 2.05) is 6.92 Å². The van der Waals surface area contributed by atoms with E-state index in [-0.39, 0.29) is 6.10 Å². The first-order chi connectivity index (χ1) is 6.27. The summed E-state index contributed by atoms with van der Waals surface area (Å²) in [7, 11) is 1.72. The van der Waals surface area contributed by atoms with Crippen LogP contribution in [0.2, 0.25) is 0 Å². The monoisotopic (exact) mass is 179 g/mol. The lowest BCUT2D eigenvalue weighted by molar-refractivity contribution is 0.119. The highest BCUT2D eigenvalue weighted by atomic mass is 16.5. The second-order valence-electron chi connectivity index (χ2n) is 3.16. The van der Waals surface area contributed by atoms with Crippen molar-refractivity contribution in [1.29, 1.82) is 0 Å². The van der Waals surface area contributed by atoms with E-state index in [0.717, 1.165) is 6.42 Å². The van der Waals surface area contributed by atoms with Crippen molar-refractivity contribution >= 4 is 0 Å². The van der Waals surface area contributed by atoms with Gasteiger partial charge in [0.05, 0.1) is 6.10 Å². The van der Waals surface area contributed by atoms with E-state index in [0.29, 0.717) is 6.54 Å². The highest BCUT2D eigenvalue weighted by Gasteiger charge is 2.02. The average Bonchev–Trinajstić information content (AvgIpc) is 2.18. The number of rotatable bonds is 4. The van der Waals surface area contributed by atoms with E-state index in [1.54, 1.807) is 7.11 Å². The molecule has 0 heterocycles. The topological polar surface area (TPSA) is 35.2 Å². The van der Waals surface area contributed by atoms with Crippen molar-refractivity contribution in [2.75, 3.05) is 13.7 Å². The smallest absolute Gasteiger partial charge is 0.0793 e. The van der Waals surface area contributed by atoms with Gasteiger partial charge in [-0.1, -0.05) is 24.3 Å². The Bertz CT molecular complexity index is 243. The molecule has 0 aliphatic carbocycles. The van der Waals surface area contributed by atoms with Crippen molar-refractivity contribution in [3.63, 3.8) is 0 Å². The Hall–Kier alpha value is -0.860. The molecule has 1 aromatic carbocycles. The van der Waals surface area contributed by atoms with Crippen LogP contribution in [0, 0.1) is 0 Å². The third-order valence-corrected chi connectivity index (χ3v) is 2.24. The third-order valence-electron chi connectivity index (χ3n) is 2.24. The van der Waals surface area contributed by atoms with Crippen LogP contribution in [0.15, 0.2) is 24.3 Å². The molecule has 0 aliphatic heterocycles. The molecule has 0 bridgehead atoms. The van der Waals surface area contributed by atoms with Crippen molar-refractivity contribution in [2.45, 2.75) is 19.4 Å². The number of nitrogens with two attached hydrogens (primary N) is 1. The maximum absolute atomic E-state index is 5.46. The fourth-order valence-electron chi connectivity index (χ4n) is 1.26. The molecule has 0 fully saturated rings. The van der Waals surface area contributed by atoms with Crippen LogP contribution >= 0.6 is 0 Å². The van der Waals surface area contributed by atoms with Crippen molar-refractivity contribution in [1.82, 2.24) is 0 Å². The first-order valence-corrected chi connectivity index (χ1v) is 4.59. The molecular weight excluding hydrogens is 162 g/mol. The van der Waals surface area contributed by atoms with Crippen molar-refractivity contribution in [3.05, 3.63) is 35.4 Å². The Morgan fingerprint density at radius 1 is 1.31 bits per heavy atom. The van der Waals surface area contributed by atoms with E-state index < -0.39 is 0 Å². The maximum atomic E-state index is 5.46.